The molecule has 0 radical (unpaired) electrons. The van der Waals surface area contributed by atoms with E-state index in [1.807, 2.05) is 0 Å². The number of aliphatic hydroxyl groups is 1. The Bertz CT molecular complexity index is 772. The third kappa shape index (κ3) is 2.93. The molecule has 0 unspecified atom stereocenters. The van der Waals surface area contributed by atoms with Crippen molar-refractivity contribution in [2.24, 2.45) is 5.92 Å². The lowest BCUT2D eigenvalue weighted by Gasteiger charge is -2.31. The predicted octanol–water partition coefficient (Wildman–Crippen LogP) is 2.49. The highest BCUT2D eigenvalue weighted by atomic mass is 16.4. The minimum absolute atomic E-state index is 0.254. The van der Waals surface area contributed by atoms with Crippen molar-refractivity contribution in [3.63, 3.8) is 0 Å². The molecule has 1 saturated heterocycles. The van der Waals surface area contributed by atoms with Gasteiger partial charge in [-0.1, -0.05) is 0 Å². The Morgan fingerprint density at radius 3 is 2.61 bits per heavy atom. The molecule has 122 valence electrons. The van der Waals surface area contributed by atoms with E-state index in [1.165, 1.54) is 17.5 Å². The lowest BCUT2D eigenvalue weighted by Crippen LogP contribution is -2.34. The number of rotatable bonds is 3. The van der Waals surface area contributed by atoms with Gasteiger partial charge in [0.2, 0.25) is 0 Å². The smallest absolute Gasteiger partial charge is 0.336 e. The number of piperidine rings is 1. The van der Waals surface area contributed by atoms with Crippen LogP contribution in [-0.4, -0.2) is 29.7 Å². The van der Waals surface area contributed by atoms with Crippen molar-refractivity contribution in [3.05, 3.63) is 45.3 Å². The molecule has 4 heteroatoms. The molecule has 23 heavy (non-hydrogen) atoms. The third-order valence-electron chi connectivity index (χ3n) is 5.40. The molecule has 4 nitrogen and oxygen atoms in total. The highest BCUT2D eigenvalue weighted by Gasteiger charge is 2.20. The lowest BCUT2D eigenvalue weighted by atomic mass is 9.97. The van der Waals surface area contributed by atoms with Gasteiger partial charge in [0.05, 0.1) is 0 Å². The van der Waals surface area contributed by atoms with Crippen molar-refractivity contribution in [2.75, 3.05) is 19.7 Å². The molecule has 2 aromatic rings. The van der Waals surface area contributed by atoms with Crippen LogP contribution in [0.5, 0.6) is 0 Å². The fourth-order valence-electron chi connectivity index (χ4n) is 3.99. The molecular weight excluding hydrogens is 290 g/mol. The molecule has 0 spiro atoms. The molecule has 1 aromatic heterocycles. The van der Waals surface area contributed by atoms with Crippen LogP contribution < -0.4 is 5.63 Å². The summed E-state index contributed by atoms with van der Waals surface area (Å²) in [5, 5.41) is 10.4. The van der Waals surface area contributed by atoms with Crippen LogP contribution in [0, 0.1) is 5.92 Å². The van der Waals surface area contributed by atoms with Gasteiger partial charge in [-0.3, -0.25) is 4.90 Å². The number of benzene rings is 1. The second-order valence-electron chi connectivity index (χ2n) is 6.96. The van der Waals surface area contributed by atoms with Crippen LogP contribution in [0.25, 0.3) is 11.0 Å². The van der Waals surface area contributed by atoms with E-state index in [1.54, 1.807) is 6.07 Å². The maximum absolute atomic E-state index is 11.9. The van der Waals surface area contributed by atoms with Gasteiger partial charge in [0.25, 0.3) is 0 Å². The van der Waals surface area contributed by atoms with Gasteiger partial charge in [-0.25, -0.2) is 4.79 Å². The monoisotopic (exact) mass is 313 g/mol. The summed E-state index contributed by atoms with van der Waals surface area (Å²) in [6.45, 7) is 3.05. The highest BCUT2D eigenvalue weighted by Crippen LogP contribution is 2.29. The number of likely N-dealkylation sites (tertiary alicyclic amines) is 1. The summed E-state index contributed by atoms with van der Waals surface area (Å²) in [5.74, 6) is 0.437. The van der Waals surface area contributed by atoms with Crippen molar-refractivity contribution in [1.29, 1.82) is 0 Å². The summed E-state index contributed by atoms with van der Waals surface area (Å²) >= 11 is 0. The standard InChI is InChI=1S/C19H23NO3/c21-12-13-4-6-20(7-5-13)11-16-10-19(22)23-18-9-15-3-1-2-14(15)8-17(16)18/h8-10,13,21H,1-7,11-12H2. The first kappa shape index (κ1) is 14.9. The van der Waals surface area contributed by atoms with E-state index >= 15 is 0 Å². The Labute approximate surface area is 135 Å². The molecule has 2 heterocycles. The van der Waals surface area contributed by atoms with Crippen molar-refractivity contribution < 1.29 is 9.52 Å². The number of aliphatic hydroxyl groups excluding tert-OH is 1. The van der Waals surface area contributed by atoms with E-state index in [-0.39, 0.29) is 12.2 Å². The van der Waals surface area contributed by atoms with Gasteiger partial charge < -0.3 is 9.52 Å². The second-order valence-corrected chi connectivity index (χ2v) is 6.96. The highest BCUT2D eigenvalue weighted by molar-refractivity contribution is 5.82. The summed E-state index contributed by atoms with van der Waals surface area (Å²) < 4.78 is 5.44. The van der Waals surface area contributed by atoms with Crippen LogP contribution in [0.15, 0.2) is 27.4 Å². The van der Waals surface area contributed by atoms with Crippen LogP contribution >= 0.6 is 0 Å². The third-order valence-corrected chi connectivity index (χ3v) is 5.40. The normalized spacial score (nSPS) is 19.3. The molecule has 0 saturated carbocycles. The summed E-state index contributed by atoms with van der Waals surface area (Å²) in [5.41, 5.74) is 4.30. The molecule has 1 aliphatic heterocycles. The van der Waals surface area contributed by atoms with Gasteiger partial charge in [0.1, 0.15) is 5.58 Å². The Morgan fingerprint density at radius 1 is 1.13 bits per heavy atom. The first-order valence-corrected chi connectivity index (χ1v) is 8.64. The fourth-order valence-corrected chi connectivity index (χ4v) is 3.99. The number of hydrogen-bond donors (Lipinski definition) is 1. The van der Waals surface area contributed by atoms with E-state index < -0.39 is 0 Å². The van der Waals surface area contributed by atoms with Gasteiger partial charge in [-0.05, 0) is 79.9 Å². The molecule has 2 aliphatic rings. The number of hydrogen-bond acceptors (Lipinski definition) is 4. The van der Waals surface area contributed by atoms with Crippen LogP contribution in [-0.2, 0) is 19.4 Å². The fraction of sp³-hybridized carbons (Fsp3) is 0.526. The average molecular weight is 313 g/mol. The number of fused-ring (bicyclic) bond motifs is 2. The Balaban J connectivity index is 1.65. The van der Waals surface area contributed by atoms with Crippen molar-refractivity contribution in [2.45, 2.75) is 38.6 Å². The lowest BCUT2D eigenvalue weighted by molar-refractivity contribution is 0.127. The van der Waals surface area contributed by atoms with Gasteiger partial charge in [0, 0.05) is 24.6 Å². The molecule has 0 atom stereocenters. The summed E-state index contributed by atoms with van der Waals surface area (Å²) in [6.07, 6.45) is 5.48. The molecule has 0 bridgehead atoms. The van der Waals surface area contributed by atoms with Gasteiger partial charge in [-0.15, -0.1) is 0 Å². The summed E-state index contributed by atoms with van der Waals surface area (Å²) in [4.78, 5) is 14.3. The minimum Gasteiger partial charge on any atom is -0.423 e. The van der Waals surface area contributed by atoms with Crippen LogP contribution in [0.4, 0.5) is 0 Å². The molecular formula is C19H23NO3. The SMILES string of the molecule is O=c1cc(CN2CCC(CO)CC2)c2cc3c(cc2o1)CCC3. The molecule has 1 N–H and O–H groups in total. The zero-order valence-corrected chi connectivity index (χ0v) is 13.4. The van der Waals surface area contributed by atoms with Crippen molar-refractivity contribution in [3.8, 4) is 0 Å². The molecule has 1 aliphatic carbocycles. The van der Waals surface area contributed by atoms with Gasteiger partial charge in [0.15, 0.2) is 0 Å². The van der Waals surface area contributed by atoms with E-state index in [2.05, 4.69) is 17.0 Å². The predicted molar refractivity (Wildman–Crippen MR) is 89.6 cm³/mol. The first-order chi connectivity index (χ1) is 11.2. The van der Waals surface area contributed by atoms with Gasteiger partial charge in [-0.2, -0.15) is 0 Å². The summed E-state index contributed by atoms with van der Waals surface area (Å²) in [6, 6.07) is 5.96. The van der Waals surface area contributed by atoms with Gasteiger partial charge >= 0.3 is 5.63 Å². The van der Waals surface area contributed by atoms with Crippen LogP contribution in [0.1, 0.15) is 36.0 Å². The number of nitrogens with zero attached hydrogens (tertiary/aromatic N) is 1. The van der Waals surface area contributed by atoms with Crippen molar-refractivity contribution >= 4 is 11.0 Å². The van der Waals surface area contributed by atoms with E-state index in [9.17, 15) is 9.90 Å². The van der Waals surface area contributed by atoms with Crippen LogP contribution in [0.3, 0.4) is 0 Å². The Kier molecular flexibility index (Phi) is 3.95. The van der Waals surface area contributed by atoms with E-state index in [4.69, 9.17) is 4.42 Å². The topological polar surface area (TPSA) is 53.7 Å². The maximum Gasteiger partial charge on any atom is 0.336 e. The first-order valence-electron chi connectivity index (χ1n) is 8.64. The quantitative estimate of drug-likeness (QED) is 0.885. The van der Waals surface area contributed by atoms with E-state index in [0.717, 1.165) is 61.9 Å². The summed E-state index contributed by atoms with van der Waals surface area (Å²) in [7, 11) is 0. The number of aryl methyl sites for hydroxylation is 2. The zero-order chi connectivity index (χ0) is 15.8. The molecule has 4 rings (SSSR count). The average Bonchev–Trinajstić information content (AvgIpc) is 3.01. The molecule has 1 aromatic carbocycles. The van der Waals surface area contributed by atoms with Crippen LogP contribution in [0.2, 0.25) is 0 Å². The van der Waals surface area contributed by atoms with Crippen molar-refractivity contribution in [1.82, 2.24) is 4.90 Å². The molecule has 0 amide bonds. The zero-order valence-electron chi connectivity index (χ0n) is 13.4. The van der Waals surface area contributed by atoms with E-state index in [0.29, 0.717) is 5.92 Å². The Hall–Kier alpha value is -1.65. The Morgan fingerprint density at radius 2 is 1.87 bits per heavy atom. The second kappa shape index (κ2) is 6.10. The largest absolute Gasteiger partial charge is 0.423 e. The maximum atomic E-state index is 11.9. The molecule has 1 fully saturated rings. The minimum atomic E-state index is -0.254.